The van der Waals surface area contributed by atoms with Crippen molar-refractivity contribution in [2.45, 2.75) is 0 Å². The lowest BCUT2D eigenvalue weighted by Gasteiger charge is -2.22. The largest absolute Gasteiger partial charge is 0.339 e. The highest BCUT2D eigenvalue weighted by atomic mass is 35.5. The van der Waals surface area contributed by atoms with Crippen LogP contribution in [0, 0.1) is 0 Å². The van der Waals surface area contributed by atoms with Crippen molar-refractivity contribution in [3.63, 3.8) is 0 Å². The molecule has 0 saturated carbocycles. The van der Waals surface area contributed by atoms with Gasteiger partial charge in [-0.3, -0.25) is 9.59 Å². The average Bonchev–Trinajstić information content (AvgIpc) is 3.00. The summed E-state index contributed by atoms with van der Waals surface area (Å²) in [6, 6.07) is 20.8. The zero-order valence-electron chi connectivity index (χ0n) is 15.8. The summed E-state index contributed by atoms with van der Waals surface area (Å²) in [5, 5.41) is 1.15. The second kappa shape index (κ2) is 8.15. The normalized spacial score (nSPS) is 13.9. The minimum atomic E-state index is -0.486. The summed E-state index contributed by atoms with van der Waals surface area (Å²) in [5.41, 5.74) is 2.08. The molecule has 3 aromatic rings. The summed E-state index contributed by atoms with van der Waals surface area (Å²) in [6.45, 7) is 0. The fraction of sp³-hybridized carbons (Fsp3) is 0.0435. The van der Waals surface area contributed by atoms with Crippen molar-refractivity contribution in [1.82, 2.24) is 0 Å². The first-order chi connectivity index (χ1) is 14.4. The van der Waals surface area contributed by atoms with E-state index in [-0.39, 0.29) is 22.0 Å². The van der Waals surface area contributed by atoms with E-state index >= 15 is 0 Å². The van der Waals surface area contributed by atoms with Crippen LogP contribution < -0.4 is 9.80 Å². The van der Waals surface area contributed by atoms with E-state index in [1.807, 2.05) is 30.3 Å². The second-order valence-electron chi connectivity index (χ2n) is 6.67. The molecule has 7 heteroatoms. The second-order valence-corrected chi connectivity index (χ2v) is 7.95. The molecule has 1 heterocycles. The first-order valence-electron chi connectivity index (χ1n) is 9.01. The Kier molecular flexibility index (Phi) is 5.56. The van der Waals surface area contributed by atoms with Crippen LogP contribution in [0.1, 0.15) is 5.56 Å². The van der Waals surface area contributed by atoms with Crippen LogP contribution in [0.25, 0.3) is 5.57 Å². The fourth-order valence-corrected chi connectivity index (χ4v) is 3.86. The van der Waals surface area contributed by atoms with Crippen molar-refractivity contribution in [3.8, 4) is 0 Å². The lowest BCUT2D eigenvalue weighted by atomic mass is 10.0. The number of carbonyl (C=O) groups is 2. The Labute approximate surface area is 188 Å². The molecule has 0 bridgehead atoms. The maximum absolute atomic E-state index is 13.5. The molecule has 4 rings (SSSR count). The third-order valence-electron chi connectivity index (χ3n) is 4.82. The van der Waals surface area contributed by atoms with E-state index in [2.05, 4.69) is 0 Å². The van der Waals surface area contributed by atoms with Crippen LogP contribution in [0.5, 0.6) is 0 Å². The summed E-state index contributed by atoms with van der Waals surface area (Å²) in [5.74, 6) is -0.968. The fourth-order valence-electron chi connectivity index (χ4n) is 3.36. The topological polar surface area (TPSA) is 40.6 Å². The van der Waals surface area contributed by atoms with E-state index in [1.165, 1.54) is 6.07 Å². The smallest absolute Gasteiger partial charge is 0.282 e. The maximum atomic E-state index is 13.5. The van der Waals surface area contributed by atoms with Crippen LogP contribution in [-0.2, 0) is 9.59 Å². The molecule has 0 radical (unpaired) electrons. The Morgan fingerprint density at radius 3 is 2.07 bits per heavy atom. The van der Waals surface area contributed by atoms with E-state index in [9.17, 15) is 9.59 Å². The number of para-hydroxylation sites is 1. The van der Waals surface area contributed by atoms with E-state index in [0.717, 1.165) is 10.6 Å². The molecular weight excluding hydrogens is 443 g/mol. The number of hydrogen-bond donors (Lipinski definition) is 0. The predicted molar refractivity (Wildman–Crippen MR) is 122 cm³/mol. The summed E-state index contributed by atoms with van der Waals surface area (Å²) in [4.78, 5) is 29.8. The van der Waals surface area contributed by atoms with Crippen LogP contribution in [0.15, 0.2) is 78.5 Å². The quantitative estimate of drug-likeness (QED) is 0.447. The number of nitrogens with zero attached hydrogens (tertiary/aromatic N) is 2. The Morgan fingerprint density at radius 1 is 0.767 bits per heavy atom. The van der Waals surface area contributed by atoms with Gasteiger partial charge in [0, 0.05) is 22.8 Å². The third kappa shape index (κ3) is 3.58. The van der Waals surface area contributed by atoms with E-state index in [1.54, 1.807) is 48.3 Å². The van der Waals surface area contributed by atoms with Crippen molar-refractivity contribution in [2.24, 2.45) is 0 Å². The Balaban J connectivity index is 1.90. The van der Waals surface area contributed by atoms with Gasteiger partial charge >= 0.3 is 0 Å². The van der Waals surface area contributed by atoms with E-state index < -0.39 is 11.8 Å². The summed E-state index contributed by atoms with van der Waals surface area (Å²) >= 11 is 18.4. The maximum Gasteiger partial charge on any atom is 0.282 e. The van der Waals surface area contributed by atoms with Gasteiger partial charge in [0.15, 0.2) is 0 Å². The molecular formula is C23H15Cl3N2O2. The van der Waals surface area contributed by atoms with Gasteiger partial charge in [-0.05, 0) is 48.0 Å². The third-order valence-corrected chi connectivity index (χ3v) is 5.63. The van der Waals surface area contributed by atoms with Crippen LogP contribution in [0.2, 0.25) is 15.1 Å². The van der Waals surface area contributed by atoms with Gasteiger partial charge in [-0.1, -0.05) is 65.1 Å². The van der Waals surface area contributed by atoms with Gasteiger partial charge in [-0.2, -0.15) is 0 Å². The first-order valence-corrected chi connectivity index (χ1v) is 10.1. The molecule has 0 N–H and O–H groups in total. The van der Waals surface area contributed by atoms with Gasteiger partial charge in [0.1, 0.15) is 5.70 Å². The number of benzene rings is 3. The minimum absolute atomic E-state index is 0.238. The Hall–Kier alpha value is -2.79. The number of hydrogen-bond acceptors (Lipinski definition) is 3. The minimum Gasteiger partial charge on any atom is -0.339 e. The molecule has 30 heavy (non-hydrogen) atoms. The molecule has 0 fully saturated rings. The lowest BCUT2D eigenvalue weighted by Crippen LogP contribution is -2.34. The van der Waals surface area contributed by atoms with Crippen molar-refractivity contribution >= 4 is 63.6 Å². The monoisotopic (exact) mass is 456 g/mol. The number of amides is 2. The highest BCUT2D eigenvalue weighted by Gasteiger charge is 2.42. The van der Waals surface area contributed by atoms with Gasteiger partial charge in [0.05, 0.1) is 16.3 Å². The van der Waals surface area contributed by atoms with Crippen molar-refractivity contribution in [2.75, 3.05) is 16.8 Å². The average molecular weight is 458 g/mol. The van der Waals surface area contributed by atoms with Crippen molar-refractivity contribution in [1.29, 1.82) is 0 Å². The number of anilines is 2. The summed E-state index contributed by atoms with van der Waals surface area (Å²) in [7, 11) is 1.74. The zero-order valence-corrected chi connectivity index (χ0v) is 18.0. The Bertz CT molecular complexity index is 1170. The van der Waals surface area contributed by atoms with Crippen molar-refractivity contribution in [3.05, 3.63) is 99.1 Å². The van der Waals surface area contributed by atoms with Gasteiger partial charge in [-0.25, -0.2) is 4.90 Å². The predicted octanol–water partition coefficient (Wildman–Crippen LogP) is 6.07. The van der Waals surface area contributed by atoms with Crippen molar-refractivity contribution < 1.29 is 9.59 Å². The van der Waals surface area contributed by atoms with Gasteiger partial charge in [-0.15, -0.1) is 0 Å². The summed E-state index contributed by atoms with van der Waals surface area (Å²) < 4.78 is 0. The van der Waals surface area contributed by atoms with Crippen LogP contribution in [-0.4, -0.2) is 18.9 Å². The molecule has 0 unspecified atom stereocenters. The molecule has 0 aliphatic carbocycles. The van der Waals surface area contributed by atoms with Crippen LogP contribution in [0.3, 0.4) is 0 Å². The molecule has 0 aromatic heterocycles. The molecule has 0 saturated heterocycles. The zero-order chi connectivity index (χ0) is 21.4. The van der Waals surface area contributed by atoms with Gasteiger partial charge in [0.25, 0.3) is 11.8 Å². The number of imide groups is 1. The molecule has 0 atom stereocenters. The molecule has 1 aliphatic rings. The number of rotatable bonds is 4. The van der Waals surface area contributed by atoms with E-state index in [4.69, 9.17) is 34.8 Å². The first kappa shape index (κ1) is 20.5. The molecule has 150 valence electrons. The van der Waals surface area contributed by atoms with Crippen LogP contribution >= 0.6 is 34.8 Å². The number of halogens is 3. The van der Waals surface area contributed by atoms with E-state index in [0.29, 0.717) is 15.6 Å². The molecule has 2 amide bonds. The molecule has 3 aromatic carbocycles. The number of likely N-dealkylation sites (N-methyl/N-ethyl adjacent to an activating group) is 1. The Morgan fingerprint density at radius 2 is 1.40 bits per heavy atom. The SMILES string of the molecule is CN(C1=C(c2ccc(Cl)cc2)C(=O)N(c2cc(Cl)ccc2Cl)C1=O)c1ccccc1. The molecule has 4 nitrogen and oxygen atoms in total. The lowest BCUT2D eigenvalue weighted by molar-refractivity contribution is -0.120. The molecule has 0 spiro atoms. The number of carbonyl (C=O) groups excluding carboxylic acids is 2. The van der Waals surface area contributed by atoms with Gasteiger partial charge in [0.2, 0.25) is 0 Å². The van der Waals surface area contributed by atoms with Crippen LogP contribution in [0.4, 0.5) is 11.4 Å². The highest BCUT2D eigenvalue weighted by molar-refractivity contribution is 6.48. The summed E-state index contributed by atoms with van der Waals surface area (Å²) in [6.07, 6.45) is 0. The molecule has 1 aliphatic heterocycles. The standard InChI is InChI=1S/C23H15Cl3N2O2/c1-27(17-5-3-2-4-6-17)21-20(14-7-9-15(24)10-8-14)22(29)28(23(21)30)19-13-16(25)11-12-18(19)26/h2-13H,1H3. The highest BCUT2D eigenvalue weighted by Crippen LogP contribution is 2.39. The van der Waals surface area contributed by atoms with Gasteiger partial charge < -0.3 is 4.90 Å².